The number of allylic oxidation sites excluding steroid dienone is 21. The number of phosphoric ester groups is 1. The van der Waals surface area contributed by atoms with E-state index in [1.165, 1.54) is 103 Å². The predicted octanol–water partition coefficient (Wildman–Crippen LogP) is 19.0. The van der Waals surface area contributed by atoms with Crippen LogP contribution in [0.2, 0.25) is 0 Å². The first kappa shape index (κ1) is 75.2. The molecule has 0 saturated heterocycles. The summed E-state index contributed by atoms with van der Waals surface area (Å²) < 4.78 is 30.3. The third-order valence-corrected chi connectivity index (χ3v) is 14.2. The molecular formula is C69H117N2O7P. The third-order valence-electron chi connectivity index (χ3n) is 13.2. The zero-order valence-electron chi connectivity index (χ0n) is 51.3. The highest BCUT2D eigenvalue weighted by Crippen LogP contribution is 2.38. The molecule has 1 N–H and O–H groups in total. The summed E-state index contributed by atoms with van der Waals surface area (Å²) in [5.74, 6) is -0.609. The Hall–Kier alpha value is -3.85. The summed E-state index contributed by atoms with van der Waals surface area (Å²) in [6.07, 6.45) is 81.3. The van der Waals surface area contributed by atoms with E-state index in [-0.39, 0.29) is 24.9 Å². The summed E-state index contributed by atoms with van der Waals surface area (Å²) in [5.41, 5.74) is 0. The van der Waals surface area contributed by atoms with Crippen LogP contribution in [0.25, 0.3) is 0 Å². The normalized spacial score (nSPS) is 14.6. The highest BCUT2D eigenvalue weighted by atomic mass is 31.2. The van der Waals surface area contributed by atoms with Crippen LogP contribution in [-0.2, 0) is 27.9 Å². The molecule has 0 fully saturated rings. The Morgan fingerprint density at radius 3 is 1.37 bits per heavy atom. The Morgan fingerprint density at radius 1 is 0.468 bits per heavy atom. The Balaban J connectivity index is 5.24. The molecule has 0 aromatic carbocycles. The number of phosphoric acid groups is 1. The van der Waals surface area contributed by atoms with Crippen molar-refractivity contribution in [3.05, 3.63) is 134 Å². The average molecular weight is 1120 g/mol. The van der Waals surface area contributed by atoms with E-state index in [1.54, 1.807) is 0 Å². The third kappa shape index (κ3) is 58.6. The topological polar surface area (TPSA) is 114 Å². The van der Waals surface area contributed by atoms with E-state index in [4.69, 9.17) is 13.8 Å². The molecule has 0 aliphatic rings. The molecule has 10 heteroatoms. The average Bonchev–Trinajstić information content (AvgIpc) is 3.41. The molecule has 0 saturated carbocycles. The summed E-state index contributed by atoms with van der Waals surface area (Å²) in [7, 11) is 1.13. The zero-order valence-corrected chi connectivity index (χ0v) is 52.2. The first-order valence-corrected chi connectivity index (χ1v) is 33.0. The van der Waals surface area contributed by atoms with Crippen molar-refractivity contribution in [2.75, 3.05) is 40.9 Å². The number of carbonyl (C=O) groups excluding carboxylic acids is 2. The maximum atomic E-state index is 13.5. The van der Waals surface area contributed by atoms with Crippen molar-refractivity contribution in [1.82, 2.24) is 5.32 Å². The smallest absolute Gasteiger partial charge is 0.306 e. The highest BCUT2D eigenvalue weighted by molar-refractivity contribution is 7.45. The molecule has 79 heavy (non-hydrogen) atoms. The number of quaternary nitrogens is 1. The van der Waals surface area contributed by atoms with Gasteiger partial charge in [-0.05, 0) is 96.0 Å². The molecule has 1 amide bonds. The van der Waals surface area contributed by atoms with Crippen LogP contribution in [0.15, 0.2) is 134 Å². The fraction of sp³-hybridized carbons (Fsp3) is 0.652. The number of esters is 1. The minimum atomic E-state index is -4.72. The van der Waals surface area contributed by atoms with Crippen LogP contribution in [0.4, 0.5) is 0 Å². The van der Waals surface area contributed by atoms with Crippen LogP contribution in [-0.4, -0.2) is 69.4 Å². The Morgan fingerprint density at radius 2 is 0.861 bits per heavy atom. The summed E-state index contributed by atoms with van der Waals surface area (Å²) in [5, 5.41) is 3.01. The van der Waals surface area contributed by atoms with Crippen molar-refractivity contribution < 1.29 is 37.3 Å². The molecule has 9 nitrogen and oxygen atoms in total. The minimum Gasteiger partial charge on any atom is -0.756 e. The van der Waals surface area contributed by atoms with E-state index >= 15 is 0 Å². The lowest BCUT2D eigenvalue weighted by Gasteiger charge is -2.30. The molecule has 3 atom stereocenters. The first-order valence-electron chi connectivity index (χ1n) is 31.6. The summed E-state index contributed by atoms with van der Waals surface area (Å²) in [6.45, 7) is 6.61. The quantitative estimate of drug-likeness (QED) is 0.0161. The maximum Gasteiger partial charge on any atom is 0.306 e. The zero-order chi connectivity index (χ0) is 57.9. The van der Waals surface area contributed by atoms with Gasteiger partial charge in [0.05, 0.1) is 33.8 Å². The predicted molar refractivity (Wildman–Crippen MR) is 339 cm³/mol. The fourth-order valence-corrected chi connectivity index (χ4v) is 9.08. The lowest BCUT2D eigenvalue weighted by Crippen LogP contribution is -2.47. The number of ether oxygens (including phenoxy) is 1. The molecule has 0 aliphatic carbocycles. The second-order valence-electron chi connectivity index (χ2n) is 22.0. The number of unbranched alkanes of at least 4 members (excludes halogenated alkanes) is 24. The number of likely N-dealkylation sites (N-methyl/N-ethyl adjacent to an activating group) is 1. The number of rotatable bonds is 55. The van der Waals surface area contributed by atoms with Gasteiger partial charge in [0.25, 0.3) is 7.82 Å². The second kappa shape index (κ2) is 57.4. The largest absolute Gasteiger partial charge is 0.756 e. The SMILES string of the molecule is CC\C=C/C=C/C=C/C=C\C=C\C=C\CCCCCC(=O)OC(/C=C\CCCCCCCCCCC)C(COP(=O)([O-])OCC[N+](C)(C)C)NC(=O)CCCCCCCCCCC/C=C\C/C=C\C/C=C\C/C=C\CCCCC. The van der Waals surface area contributed by atoms with Gasteiger partial charge in [-0.1, -0.05) is 264 Å². The molecular weight excluding hydrogens is 1000 g/mol. The number of carbonyl (C=O) groups is 2. The van der Waals surface area contributed by atoms with Crippen LogP contribution in [0.5, 0.6) is 0 Å². The van der Waals surface area contributed by atoms with Crippen LogP contribution in [0, 0.1) is 0 Å². The van der Waals surface area contributed by atoms with Gasteiger partial charge in [0, 0.05) is 12.8 Å². The van der Waals surface area contributed by atoms with Gasteiger partial charge >= 0.3 is 5.97 Å². The molecule has 0 rings (SSSR count). The Kier molecular flexibility index (Phi) is 54.6. The van der Waals surface area contributed by atoms with E-state index in [2.05, 4.69) is 86.8 Å². The van der Waals surface area contributed by atoms with E-state index in [1.807, 2.05) is 94.1 Å². The van der Waals surface area contributed by atoms with Crippen molar-refractivity contribution in [2.45, 2.75) is 251 Å². The van der Waals surface area contributed by atoms with E-state index < -0.39 is 26.6 Å². The van der Waals surface area contributed by atoms with Gasteiger partial charge in [-0.25, -0.2) is 0 Å². The summed E-state index contributed by atoms with van der Waals surface area (Å²) in [4.78, 5) is 40.0. The molecule has 0 radical (unpaired) electrons. The molecule has 0 aromatic rings. The number of hydrogen-bond donors (Lipinski definition) is 1. The highest BCUT2D eigenvalue weighted by Gasteiger charge is 2.27. The second-order valence-corrected chi connectivity index (χ2v) is 23.4. The molecule has 0 aliphatic heterocycles. The van der Waals surface area contributed by atoms with Gasteiger partial charge in [-0.15, -0.1) is 0 Å². The van der Waals surface area contributed by atoms with Crippen molar-refractivity contribution >= 4 is 19.7 Å². The van der Waals surface area contributed by atoms with Crippen molar-refractivity contribution in [3.8, 4) is 0 Å². The maximum absolute atomic E-state index is 13.5. The first-order chi connectivity index (χ1) is 38.4. The standard InChI is InChI=1S/C69H117N2O7P/c1-7-10-13-16-19-22-25-27-29-31-32-33-34-35-36-37-38-40-41-43-46-49-52-55-58-61-68(72)70-66(65-77-79(74,75)76-64-63-71(4,5)6)67(60-57-54-51-48-45-24-21-18-15-12-9-3)78-69(73)62-59-56-53-50-47-44-42-39-30-28-26-23-20-17-14-11-8-2/h11,14,17,19-20,22-23,26-30,32-33,35-36,39,42,44,47,57,60,66-67H,7-10,12-13,15-16,18,21,24-25,31,34,37-38,40-41,43,45-46,48-56,58-59,61-65H2,1-6H3,(H-,70,72,74,75)/b14-11-,20-17+,22-19-,26-23+,29-27-,30-28-,33-32-,36-35-,42-39+,47-44+,60-57-. The van der Waals surface area contributed by atoms with E-state index in [9.17, 15) is 19.0 Å². The molecule has 3 unspecified atom stereocenters. The van der Waals surface area contributed by atoms with Gasteiger partial charge in [-0.3, -0.25) is 14.2 Å². The van der Waals surface area contributed by atoms with Crippen molar-refractivity contribution in [1.29, 1.82) is 0 Å². The van der Waals surface area contributed by atoms with Crippen LogP contribution in [0.1, 0.15) is 239 Å². The van der Waals surface area contributed by atoms with Gasteiger partial charge < -0.3 is 28.5 Å². The van der Waals surface area contributed by atoms with Gasteiger partial charge in [-0.2, -0.15) is 0 Å². The number of hydrogen-bond acceptors (Lipinski definition) is 7. The van der Waals surface area contributed by atoms with Crippen LogP contribution >= 0.6 is 7.82 Å². The van der Waals surface area contributed by atoms with Gasteiger partial charge in [0.15, 0.2) is 0 Å². The van der Waals surface area contributed by atoms with E-state index in [0.29, 0.717) is 23.9 Å². The molecule has 0 heterocycles. The molecule has 0 spiro atoms. The van der Waals surface area contributed by atoms with Crippen LogP contribution in [0.3, 0.4) is 0 Å². The minimum absolute atomic E-state index is 0.0389. The number of nitrogens with one attached hydrogen (secondary N) is 1. The number of amides is 1. The summed E-state index contributed by atoms with van der Waals surface area (Å²) >= 11 is 0. The Labute approximate surface area is 485 Å². The van der Waals surface area contributed by atoms with Crippen molar-refractivity contribution in [3.63, 3.8) is 0 Å². The monoisotopic (exact) mass is 1120 g/mol. The lowest BCUT2D eigenvalue weighted by atomic mass is 10.0. The van der Waals surface area contributed by atoms with E-state index in [0.717, 1.165) is 96.3 Å². The lowest BCUT2D eigenvalue weighted by molar-refractivity contribution is -0.870. The van der Waals surface area contributed by atoms with Gasteiger partial charge in [0.2, 0.25) is 5.91 Å². The fourth-order valence-electron chi connectivity index (χ4n) is 8.36. The molecule has 0 aromatic heterocycles. The number of nitrogens with zero attached hydrogens (tertiary/aromatic N) is 1. The van der Waals surface area contributed by atoms with Crippen LogP contribution < -0.4 is 10.2 Å². The molecule has 450 valence electrons. The Bertz CT molecular complexity index is 1810. The summed E-state index contributed by atoms with van der Waals surface area (Å²) in [6, 6.07) is -0.920. The van der Waals surface area contributed by atoms with Crippen molar-refractivity contribution in [2.24, 2.45) is 0 Å². The molecule has 0 bridgehead atoms. The van der Waals surface area contributed by atoms with Gasteiger partial charge in [0.1, 0.15) is 19.3 Å².